The fourth-order valence-corrected chi connectivity index (χ4v) is 3.43. The molecule has 3 N–H and O–H groups in total. The first-order valence-corrected chi connectivity index (χ1v) is 9.53. The molecule has 1 amide bonds. The average molecular weight is 411 g/mol. The van der Waals surface area contributed by atoms with Gasteiger partial charge in [-0.2, -0.15) is 0 Å². The molecule has 7 heteroatoms. The summed E-state index contributed by atoms with van der Waals surface area (Å²) in [4.78, 5) is 12.5. The Kier molecular flexibility index (Phi) is 5.37. The van der Waals surface area contributed by atoms with Crippen molar-refractivity contribution in [2.24, 2.45) is 0 Å². The summed E-state index contributed by atoms with van der Waals surface area (Å²) in [5, 5.41) is 6.45. The van der Waals surface area contributed by atoms with Crippen LogP contribution in [-0.4, -0.2) is 19.6 Å². The van der Waals surface area contributed by atoms with Crippen LogP contribution in [0.4, 0.5) is 14.5 Å². The maximum Gasteiger partial charge on any atom is 0.279 e. The Balaban J connectivity index is 1.49. The standard InChI is InChI=1S/C23H20F2N2O3/c1-13(14-7-8-17(24)18(25)9-14)26-12-23(28)27-19-11-21-16(10-22(19)29-2)15-5-3-4-6-20(15)30-21/h3-11,13,26H,12H2,1-2H3,(H,27,28)/p+1/t13-/m0/s1. The molecule has 5 nitrogen and oxygen atoms in total. The van der Waals surface area contributed by atoms with Crippen molar-refractivity contribution < 1.29 is 28.0 Å². The summed E-state index contributed by atoms with van der Waals surface area (Å²) in [6, 6.07) is 14.8. The van der Waals surface area contributed by atoms with Crippen molar-refractivity contribution in [3.05, 3.63) is 71.8 Å². The highest BCUT2D eigenvalue weighted by molar-refractivity contribution is 6.07. The normalized spacial score (nSPS) is 12.3. The number of benzene rings is 3. The Hall–Kier alpha value is -3.45. The van der Waals surface area contributed by atoms with Crippen molar-refractivity contribution in [3.63, 3.8) is 0 Å². The van der Waals surface area contributed by atoms with Gasteiger partial charge in [-0.05, 0) is 37.3 Å². The molecule has 0 bridgehead atoms. The van der Waals surface area contributed by atoms with Crippen LogP contribution in [0.5, 0.6) is 5.75 Å². The van der Waals surface area contributed by atoms with Gasteiger partial charge >= 0.3 is 0 Å². The minimum atomic E-state index is -0.902. The molecular weight excluding hydrogens is 390 g/mol. The van der Waals surface area contributed by atoms with E-state index in [2.05, 4.69) is 5.32 Å². The number of para-hydroxylation sites is 1. The Bertz CT molecular complexity index is 1240. The quantitative estimate of drug-likeness (QED) is 0.501. The van der Waals surface area contributed by atoms with Crippen LogP contribution in [0.25, 0.3) is 21.9 Å². The number of hydrogen-bond acceptors (Lipinski definition) is 3. The number of nitrogens with one attached hydrogen (secondary N) is 1. The first kappa shape index (κ1) is 19.8. The molecule has 0 radical (unpaired) electrons. The van der Waals surface area contributed by atoms with Crippen LogP contribution in [0, 0.1) is 11.6 Å². The summed E-state index contributed by atoms with van der Waals surface area (Å²) in [5.74, 6) is -1.52. The van der Waals surface area contributed by atoms with Crippen molar-refractivity contribution in [3.8, 4) is 5.75 Å². The van der Waals surface area contributed by atoms with Crippen molar-refractivity contribution in [2.75, 3.05) is 19.0 Å². The predicted octanol–water partition coefficient (Wildman–Crippen LogP) is 4.14. The highest BCUT2D eigenvalue weighted by Gasteiger charge is 2.17. The number of rotatable bonds is 6. The summed E-state index contributed by atoms with van der Waals surface area (Å²) >= 11 is 0. The summed E-state index contributed by atoms with van der Waals surface area (Å²) in [6.45, 7) is 1.92. The Morgan fingerprint density at radius 1 is 1.07 bits per heavy atom. The lowest BCUT2D eigenvalue weighted by Gasteiger charge is -2.13. The molecule has 0 saturated carbocycles. The van der Waals surface area contributed by atoms with Gasteiger partial charge in [0.25, 0.3) is 5.91 Å². The van der Waals surface area contributed by atoms with Crippen LogP contribution >= 0.6 is 0 Å². The van der Waals surface area contributed by atoms with Gasteiger partial charge in [0.05, 0.1) is 12.8 Å². The molecule has 0 aliphatic carbocycles. The lowest BCUT2D eigenvalue weighted by atomic mass is 10.1. The fourth-order valence-electron chi connectivity index (χ4n) is 3.43. The van der Waals surface area contributed by atoms with Crippen LogP contribution < -0.4 is 15.4 Å². The molecule has 1 atom stereocenters. The number of fused-ring (bicyclic) bond motifs is 3. The van der Waals surface area contributed by atoms with E-state index in [4.69, 9.17) is 9.15 Å². The van der Waals surface area contributed by atoms with E-state index in [9.17, 15) is 13.6 Å². The van der Waals surface area contributed by atoms with Gasteiger partial charge in [0.15, 0.2) is 18.2 Å². The minimum Gasteiger partial charge on any atom is -0.495 e. The molecule has 4 aromatic rings. The highest BCUT2D eigenvalue weighted by atomic mass is 19.2. The van der Waals surface area contributed by atoms with E-state index in [-0.39, 0.29) is 18.5 Å². The number of ether oxygens (including phenoxy) is 1. The number of carbonyl (C=O) groups is 1. The van der Waals surface area contributed by atoms with Gasteiger partial charge in [0, 0.05) is 22.4 Å². The summed E-state index contributed by atoms with van der Waals surface area (Å²) in [5.41, 5.74) is 2.50. The lowest BCUT2D eigenvalue weighted by molar-refractivity contribution is -0.682. The van der Waals surface area contributed by atoms with E-state index in [1.165, 1.54) is 13.2 Å². The zero-order chi connectivity index (χ0) is 21.3. The number of furan rings is 1. The van der Waals surface area contributed by atoms with Gasteiger partial charge in [0.2, 0.25) is 0 Å². The van der Waals surface area contributed by atoms with Crippen LogP contribution in [0.15, 0.2) is 59.0 Å². The number of methoxy groups -OCH3 is 1. The second-order valence-electron chi connectivity index (χ2n) is 7.10. The third-order valence-electron chi connectivity index (χ3n) is 5.10. The molecule has 1 aromatic heterocycles. The number of halogens is 2. The second kappa shape index (κ2) is 8.12. The maximum atomic E-state index is 13.4. The van der Waals surface area contributed by atoms with Crippen molar-refractivity contribution in [2.45, 2.75) is 13.0 Å². The average Bonchev–Trinajstić information content (AvgIpc) is 3.10. The third kappa shape index (κ3) is 3.84. The zero-order valence-electron chi connectivity index (χ0n) is 16.5. The molecule has 0 aliphatic heterocycles. The van der Waals surface area contributed by atoms with Gasteiger partial charge in [-0.1, -0.05) is 18.2 Å². The van der Waals surface area contributed by atoms with Gasteiger partial charge in [-0.15, -0.1) is 0 Å². The van der Waals surface area contributed by atoms with E-state index < -0.39 is 11.6 Å². The number of quaternary nitrogens is 1. The van der Waals surface area contributed by atoms with Crippen LogP contribution in [0.1, 0.15) is 18.5 Å². The number of hydrogen-bond donors (Lipinski definition) is 2. The Morgan fingerprint density at radius 3 is 2.63 bits per heavy atom. The molecular formula is C23H21F2N2O3+. The second-order valence-corrected chi connectivity index (χ2v) is 7.10. The first-order chi connectivity index (χ1) is 14.5. The molecule has 154 valence electrons. The maximum absolute atomic E-state index is 13.4. The summed E-state index contributed by atoms with van der Waals surface area (Å²) in [7, 11) is 1.54. The summed E-state index contributed by atoms with van der Waals surface area (Å²) < 4.78 is 37.8. The van der Waals surface area contributed by atoms with Gasteiger partial charge in [-0.25, -0.2) is 8.78 Å². The summed E-state index contributed by atoms with van der Waals surface area (Å²) in [6.07, 6.45) is 0. The van der Waals surface area contributed by atoms with E-state index >= 15 is 0 Å². The largest absolute Gasteiger partial charge is 0.495 e. The SMILES string of the molecule is COc1cc2c(cc1NC(=O)C[NH2+][C@@H](C)c1ccc(F)c(F)c1)oc1ccccc12. The Labute approximate surface area is 171 Å². The number of amides is 1. The number of carbonyl (C=O) groups excluding carboxylic acids is 1. The number of nitrogens with two attached hydrogens (primary N) is 1. The molecule has 0 fully saturated rings. The predicted molar refractivity (Wildman–Crippen MR) is 110 cm³/mol. The van der Waals surface area contributed by atoms with Crippen LogP contribution in [0.2, 0.25) is 0 Å². The van der Waals surface area contributed by atoms with Crippen molar-refractivity contribution >= 4 is 33.5 Å². The third-order valence-corrected chi connectivity index (χ3v) is 5.10. The van der Waals surface area contributed by atoms with E-state index in [1.807, 2.05) is 37.3 Å². The monoisotopic (exact) mass is 411 g/mol. The molecule has 30 heavy (non-hydrogen) atoms. The minimum absolute atomic E-state index is 0.0987. The smallest absolute Gasteiger partial charge is 0.279 e. The molecule has 0 aliphatic rings. The zero-order valence-corrected chi connectivity index (χ0v) is 16.5. The molecule has 0 saturated heterocycles. The van der Waals surface area contributed by atoms with Crippen molar-refractivity contribution in [1.29, 1.82) is 0 Å². The molecule has 0 unspecified atom stereocenters. The van der Waals surface area contributed by atoms with E-state index in [0.717, 1.165) is 28.5 Å². The van der Waals surface area contributed by atoms with Gasteiger partial charge in [-0.3, -0.25) is 4.79 Å². The topological polar surface area (TPSA) is 68.1 Å². The fraction of sp³-hybridized carbons (Fsp3) is 0.174. The first-order valence-electron chi connectivity index (χ1n) is 9.53. The van der Waals surface area contributed by atoms with Gasteiger partial charge < -0.3 is 19.8 Å². The van der Waals surface area contributed by atoms with Crippen molar-refractivity contribution in [1.82, 2.24) is 0 Å². The lowest BCUT2D eigenvalue weighted by Crippen LogP contribution is -2.86. The van der Waals surface area contributed by atoms with Gasteiger partial charge in [0.1, 0.15) is 23.0 Å². The van der Waals surface area contributed by atoms with E-state index in [0.29, 0.717) is 22.6 Å². The van der Waals surface area contributed by atoms with Crippen LogP contribution in [0.3, 0.4) is 0 Å². The molecule has 4 rings (SSSR count). The Morgan fingerprint density at radius 2 is 1.87 bits per heavy atom. The number of anilines is 1. The molecule has 0 spiro atoms. The van der Waals surface area contributed by atoms with Crippen LogP contribution in [-0.2, 0) is 4.79 Å². The highest BCUT2D eigenvalue weighted by Crippen LogP contribution is 2.36. The molecule has 1 heterocycles. The molecule has 3 aromatic carbocycles. The van der Waals surface area contributed by atoms with E-state index in [1.54, 1.807) is 11.4 Å².